The second kappa shape index (κ2) is 4.81. The number of nitrogens with zero attached hydrogens (tertiary/aromatic N) is 5. The standard InChI is InChI=1S/C11H7F3N6S/c12-11(13,14)9-17-10(21-19-9)20-5-16-8(18-20)6-1-3-7(15)4-2-6/h1-5H,15H2. The highest BCUT2D eigenvalue weighted by Crippen LogP contribution is 2.28. The van der Waals surface area contributed by atoms with Gasteiger partial charge in [-0.25, -0.2) is 4.98 Å². The van der Waals surface area contributed by atoms with Gasteiger partial charge in [-0.2, -0.15) is 27.2 Å². The molecule has 0 aliphatic rings. The largest absolute Gasteiger partial charge is 0.452 e. The van der Waals surface area contributed by atoms with Crippen molar-refractivity contribution in [1.29, 1.82) is 0 Å². The minimum absolute atomic E-state index is 0.00322. The van der Waals surface area contributed by atoms with E-state index in [1.165, 1.54) is 6.33 Å². The number of nitrogens with two attached hydrogens (primary N) is 1. The third kappa shape index (κ3) is 2.70. The number of rotatable bonds is 2. The smallest absolute Gasteiger partial charge is 0.399 e. The molecule has 0 saturated heterocycles. The summed E-state index contributed by atoms with van der Waals surface area (Å²) in [5, 5.41) is 4.08. The third-order valence-electron chi connectivity index (χ3n) is 2.53. The molecule has 3 rings (SSSR count). The highest BCUT2D eigenvalue weighted by atomic mass is 32.1. The Morgan fingerprint density at radius 3 is 2.48 bits per heavy atom. The summed E-state index contributed by atoms with van der Waals surface area (Å²) in [7, 11) is 0. The average molecular weight is 312 g/mol. The van der Waals surface area contributed by atoms with Crippen LogP contribution in [0.3, 0.4) is 0 Å². The fourth-order valence-corrected chi connectivity index (χ4v) is 2.15. The summed E-state index contributed by atoms with van der Waals surface area (Å²) in [4.78, 5) is 7.43. The van der Waals surface area contributed by atoms with Crippen LogP contribution < -0.4 is 5.73 Å². The average Bonchev–Trinajstić information content (AvgIpc) is 3.07. The molecule has 2 aromatic heterocycles. The summed E-state index contributed by atoms with van der Waals surface area (Å²) in [5.41, 5.74) is 6.87. The Hall–Kier alpha value is -2.49. The van der Waals surface area contributed by atoms with Crippen LogP contribution in [0.5, 0.6) is 0 Å². The lowest BCUT2D eigenvalue weighted by atomic mass is 10.2. The molecule has 0 amide bonds. The van der Waals surface area contributed by atoms with Gasteiger partial charge in [-0.3, -0.25) is 0 Å². The van der Waals surface area contributed by atoms with Crippen molar-refractivity contribution in [2.45, 2.75) is 6.18 Å². The zero-order valence-corrected chi connectivity index (χ0v) is 11.1. The topological polar surface area (TPSA) is 82.5 Å². The van der Waals surface area contributed by atoms with Crippen molar-refractivity contribution in [1.82, 2.24) is 24.1 Å². The van der Waals surface area contributed by atoms with Crippen LogP contribution >= 0.6 is 11.5 Å². The van der Waals surface area contributed by atoms with E-state index in [0.29, 0.717) is 28.6 Å². The van der Waals surface area contributed by atoms with Gasteiger partial charge in [0.05, 0.1) is 0 Å². The van der Waals surface area contributed by atoms with Crippen molar-refractivity contribution < 1.29 is 13.2 Å². The molecular weight excluding hydrogens is 305 g/mol. The van der Waals surface area contributed by atoms with Gasteiger partial charge in [0, 0.05) is 22.8 Å². The summed E-state index contributed by atoms with van der Waals surface area (Å²) in [6.07, 6.45) is -3.29. The van der Waals surface area contributed by atoms with Gasteiger partial charge >= 0.3 is 6.18 Å². The van der Waals surface area contributed by atoms with Crippen LogP contribution in [0.2, 0.25) is 0 Å². The third-order valence-corrected chi connectivity index (χ3v) is 3.23. The van der Waals surface area contributed by atoms with Crippen molar-refractivity contribution in [2.75, 3.05) is 5.73 Å². The van der Waals surface area contributed by atoms with Gasteiger partial charge in [-0.15, -0.1) is 5.10 Å². The molecule has 3 aromatic rings. The quantitative estimate of drug-likeness (QED) is 0.735. The van der Waals surface area contributed by atoms with Crippen molar-refractivity contribution in [3.8, 4) is 16.5 Å². The lowest BCUT2D eigenvalue weighted by Crippen LogP contribution is -2.07. The Kier molecular flexibility index (Phi) is 3.09. The Morgan fingerprint density at radius 1 is 1.14 bits per heavy atom. The van der Waals surface area contributed by atoms with E-state index in [2.05, 4.69) is 19.4 Å². The van der Waals surface area contributed by atoms with E-state index < -0.39 is 12.0 Å². The Labute approximate surface area is 120 Å². The van der Waals surface area contributed by atoms with E-state index >= 15 is 0 Å². The number of alkyl halides is 3. The van der Waals surface area contributed by atoms with E-state index in [-0.39, 0.29) is 5.13 Å². The van der Waals surface area contributed by atoms with Gasteiger partial charge in [0.1, 0.15) is 6.33 Å². The summed E-state index contributed by atoms with van der Waals surface area (Å²) in [5.74, 6) is -0.828. The number of hydrogen-bond donors (Lipinski definition) is 1. The van der Waals surface area contributed by atoms with Crippen molar-refractivity contribution in [2.24, 2.45) is 0 Å². The Bertz CT molecular complexity index is 761. The van der Waals surface area contributed by atoms with Gasteiger partial charge in [0.15, 0.2) is 5.82 Å². The fourth-order valence-electron chi connectivity index (χ4n) is 1.54. The Morgan fingerprint density at radius 2 is 1.86 bits per heavy atom. The lowest BCUT2D eigenvalue weighted by molar-refractivity contribution is -0.144. The maximum atomic E-state index is 12.4. The van der Waals surface area contributed by atoms with Gasteiger partial charge in [0.25, 0.3) is 0 Å². The number of hydrogen-bond acceptors (Lipinski definition) is 6. The minimum atomic E-state index is -4.57. The lowest BCUT2D eigenvalue weighted by Gasteiger charge is -1.98. The van der Waals surface area contributed by atoms with E-state index in [1.807, 2.05) is 0 Å². The predicted molar refractivity (Wildman–Crippen MR) is 69.7 cm³/mol. The van der Waals surface area contributed by atoms with Gasteiger partial charge in [-0.1, -0.05) is 0 Å². The normalized spacial score (nSPS) is 11.8. The molecule has 0 aliphatic heterocycles. The molecule has 10 heteroatoms. The highest BCUT2D eigenvalue weighted by molar-refractivity contribution is 7.08. The van der Waals surface area contributed by atoms with Crippen LogP contribution in [0.1, 0.15) is 5.82 Å². The molecule has 0 bridgehead atoms. The van der Waals surface area contributed by atoms with Crippen molar-refractivity contribution in [3.05, 3.63) is 36.4 Å². The van der Waals surface area contributed by atoms with Gasteiger partial charge in [0.2, 0.25) is 11.0 Å². The maximum absolute atomic E-state index is 12.4. The molecule has 0 atom stereocenters. The van der Waals surface area contributed by atoms with Gasteiger partial charge < -0.3 is 5.73 Å². The molecule has 6 nitrogen and oxygen atoms in total. The molecule has 0 saturated carbocycles. The van der Waals surface area contributed by atoms with E-state index in [9.17, 15) is 13.2 Å². The summed E-state index contributed by atoms with van der Waals surface area (Å²) < 4.78 is 41.8. The number of nitrogen functional groups attached to an aromatic ring is 1. The first-order valence-corrected chi connectivity index (χ1v) is 6.40. The first-order valence-electron chi connectivity index (χ1n) is 5.62. The van der Waals surface area contributed by atoms with Gasteiger partial charge in [-0.05, 0) is 24.3 Å². The van der Waals surface area contributed by atoms with Crippen LogP contribution in [-0.4, -0.2) is 24.1 Å². The van der Waals surface area contributed by atoms with E-state index in [1.54, 1.807) is 24.3 Å². The van der Waals surface area contributed by atoms with Crippen LogP contribution in [-0.2, 0) is 6.18 Å². The molecule has 21 heavy (non-hydrogen) atoms. The zero-order valence-electron chi connectivity index (χ0n) is 10.2. The predicted octanol–water partition coefficient (Wildman–Crippen LogP) is 2.39. The molecule has 0 aliphatic carbocycles. The minimum Gasteiger partial charge on any atom is -0.399 e. The molecule has 0 fully saturated rings. The first-order chi connectivity index (χ1) is 9.93. The van der Waals surface area contributed by atoms with E-state index in [0.717, 1.165) is 4.68 Å². The number of benzene rings is 1. The fraction of sp³-hybridized carbons (Fsp3) is 0.0909. The van der Waals surface area contributed by atoms with E-state index in [4.69, 9.17) is 5.73 Å². The number of halogens is 3. The zero-order chi connectivity index (χ0) is 15.0. The van der Waals surface area contributed by atoms with Crippen LogP contribution in [0.25, 0.3) is 16.5 Å². The van der Waals surface area contributed by atoms with Crippen LogP contribution in [0.4, 0.5) is 18.9 Å². The van der Waals surface area contributed by atoms with Crippen molar-refractivity contribution in [3.63, 3.8) is 0 Å². The summed E-state index contributed by atoms with van der Waals surface area (Å²) in [6, 6.07) is 6.80. The molecule has 0 radical (unpaired) electrons. The second-order valence-electron chi connectivity index (χ2n) is 4.03. The van der Waals surface area contributed by atoms with Crippen LogP contribution in [0, 0.1) is 0 Å². The highest BCUT2D eigenvalue weighted by Gasteiger charge is 2.36. The Balaban J connectivity index is 1.91. The SMILES string of the molecule is Nc1ccc(-c2ncn(-c3nc(C(F)(F)F)ns3)n2)cc1. The first kappa shape index (κ1) is 13.5. The van der Waals surface area contributed by atoms with Crippen molar-refractivity contribution >= 4 is 17.2 Å². The molecule has 2 heterocycles. The molecule has 0 unspecified atom stereocenters. The molecule has 0 spiro atoms. The summed E-state index contributed by atoms with van der Waals surface area (Å²) in [6.45, 7) is 0. The monoisotopic (exact) mass is 312 g/mol. The maximum Gasteiger partial charge on any atom is 0.452 e. The van der Waals surface area contributed by atoms with Crippen LogP contribution in [0.15, 0.2) is 30.6 Å². The molecular formula is C11H7F3N6S. The number of anilines is 1. The molecule has 1 aromatic carbocycles. The second-order valence-corrected chi connectivity index (χ2v) is 4.76. The summed E-state index contributed by atoms with van der Waals surface area (Å²) >= 11 is 0.600. The number of aromatic nitrogens is 5. The molecule has 2 N–H and O–H groups in total. The molecule has 108 valence electrons.